The Morgan fingerprint density at radius 1 is 1.21 bits per heavy atom. The van der Waals surface area contributed by atoms with Gasteiger partial charge in [-0.05, 0) is 57.2 Å². The maximum absolute atomic E-state index is 12.3. The van der Waals surface area contributed by atoms with Gasteiger partial charge in [-0.3, -0.25) is 4.79 Å². The van der Waals surface area contributed by atoms with E-state index >= 15 is 0 Å². The average molecular weight is 387 g/mol. The summed E-state index contributed by atoms with van der Waals surface area (Å²) < 4.78 is 6.85. The van der Waals surface area contributed by atoms with Gasteiger partial charge in [0.1, 0.15) is 0 Å². The standard InChI is InChI=1S/C20H30N6O2/c1-28-20-11-10-18-23-22-17(26(18)24-20)8-4-9-19(27)21-14-15-6-5-13-25-12-3-2-7-16(15)25/h10-11,15-16H,2-9,12-14H2,1H3,(H,21,27). The number of fused-ring (bicyclic) bond motifs is 2. The Kier molecular flexibility index (Phi) is 6.04. The number of piperidine rings is 2. The quantitative estimate of drug-likeness (QED) is 0.782. The lowest BCUT2D eigenvalue weighted by Crippen LogP contribution is -2.50. The molecule has 0 radical (unpaired) electrons. The van der Waals surface area contributed by atoms with Crippen molar-refractivity contribution in [1.29, 1.82) is 0 Å². The molecular formula is C20H30N6O2. The largest absolute Gasteiger partial charge is 0.480 e. The molecule has 1 N–H and O–H groups in total. The number of hydrogen-bond acceptors (Lipinski definition) is 6. The van der Waals surface area contributed by atoms with Crippen molar-refractivity contribution in [3.05, 3.63) is 18.0 Å². The van der Waals surface area contributed by atoms with E-state index < -0.39 is 0 Å². The Bertz CT molecular complexity index is 805. The van der Waals surface area contributed by atoms with Gasteiger partial charge in [-0.25, -0.2) is 0 Å². The summed E-state index contributed by atoms with van der Waals surface area (Å²) in [6.07, 6.45) is 8.33. The highest BCUT2D eigenvalue weighted by atomic mass is 16.5. The number of carbonyl (C=O) groups is 1. The third-order valence-electron chi connectivity index (χ3n) is 6.11. The Morgan fingerprint density at radius 3 is 3.00 bits per heavy atom. The maximum Gasteiger partial charge on any atom is 0.231 e. The van der Waals surface area contributed by atoms with E-state index in [1.54, 1.807) is 17.7 Å². The van der Waals surface area contributed by atoms with Crippen molar-refractivity contribution in [2.45, 2.75) is 57.4 Å². The first-order valence-electron chi connectivity index (χ1n) is 10.5. The van der Waals surface area contributed by atoms with Gasteiger partial charge in [0.25, 0.3) is 0 Å². The van der Waals surface area contributed by atoms with Crippen LogP contribution in [0.25, 0.3) is 5.65 Å². The smallest absolute Gasteiger partial charge is 0.231 e. The first-order valence-corrected chi connectivity index (χ1v) is 10.5. The van der Waals surface area contributed by atoms with E-state index in [1.807, 2.05) is 6.07 Å². The molecule has 2 aliphatic rings. The molecule has 0 saturated carbocycles. The van der Waals surface area contributed by atoms with Gasteiger partial charge in [-0.15, -0.1) is 15.3 Å². The van der Waals surface area contributed by atoms with Crippen LogP contribution >= 0.6 is 0 Å². The highest BCUT2D eigenvalue weighted by Crippen LogP contribution is 2.30. The molecule has 0 aromatic carbocycles. The van der Waals surface area contributed by atoms with Crippen LogP contribution in [0.3, 0.4) is 0 Å². The predicted molar refractivity (Wildman–Crippen MR) is 105 cm³/mol. The molecule has 2 unspecified atom stereocenters. The van der Waals surface area contributed by atoms with Crippen molar-refractivity contribution in [3.63, 3.8) is 0 Å². The molecule has 152 valence electrons. The van der Waals surface area contributed by atoms with E-state index in [0.29, 0.717) is 36.3 Å². The fourth-order valence-corrected chi connectivity index (χ4v) is 4.64. The summed E-state index contributed by atoms with van der Waals surface area (Å²) in [6, 6.07) is 4.26. The number of carbonyl (C=O) groups excluding carboxylic acids is 1. The highest BCUT2D eigenvalue weighted by molar-refractivity contribution is 5.75. The van der Waals surface area contributed by atoms with E-state index in [9.17, 15) is 4.79 Å². The van der Waals surface area contributed by atoms with Crippen molar-refractivity contribution in [2.75, 3.05) is 26.7 Å². The van der Waals surface area contributed by atoms with Gasteiger partial charge in [0.2, 0.25) is 11.8 Å². The fourth-order valence-electron chi connectivity index (χ4n) is 4.64. The molecule has 4 rings (SSSR count). The third-order valence-corrected chi connectivity index (χ3v) is 6.11. The zero-order valence-corrected chi connectivity index (χ0v) is 16.6. The Morgan fingerprint density at radius 2 is 2.11 bits per heavy atom. The first kappa shape index (κ1) is 19.1. The molecular weight excluding hydrogens is 356 g/mol. The van der Waals surface area contributed by atoms with Crippen molar-refractivity contribution in [2.24, 2.45) is 5.92 Å². The number of methoxy groups -OCH3 is 1. The topological polar surface area (TPSA) is 84.6 Å². The van der Waals surface area contributed by atoms with Crippen LogP contribution in [0.4, 0.5) is 0 Å². The summed E-state index contributed by atoms with van der Waals surface area (Å²) in [5.74, 6) is 2.02. The lowest BCUT2D eigenvalue weighted by atomic mass is 9.83. The summed E-state index contributed by atoms with van der Waals surface area (Å²) in [5.41, 5.74) is 0.689. The summed E-state index contributed by atoms with van der Waals surface area (Å²) >= 11 is 0. The second-order valence-electron chi connectivity index (χ2n) is 7.92. The number of rotatable bonds is 7. The van der Waals surface area contributed by atoms with Gasteiger partial charge in [0, 0.05) is 31.5 Å². The zero-order chi connectivity index (χ0) is 19.3. The molecule has 4 heterocycles. The second-order valence-corrected chi connectivity index (χ2v) is 7.92. The second kappa shape index (κ2) is 8.86. The van der Waals surface area contributed by atoms with Crippen molar-refractivity contribution >= 4 is 11.6 Å². The molecule has 2 aliphatic heterocycles. The Balaban J connectivity index is 1.24. The number of hydrogen-bond donors (Lipinski definition) is 1. The molecule has 1 amide bonds. The van der Waals surface area contributed by atoms with Gasteiger partial charge in [-0.2, -0.15) is 4.52 Å². The SMILES string of the molecule is COc1ccc2nnc(CCCC(=O)NCC3CCCN4CCCCC34)n2n1. The summed E-state index contributed by atoms with van der Waals surface area (Å²) in [5, 5.41) is 15.8. The number of aryl methyl sites for hydroxylation is 1. The number of nitrogens with zero attached hydrogens (tertiary/aromatic N) is 5. The number of amides is 1. The predicted octanol–water partition coefficient (Wildman–Crippen LogP) is 1.84. The van der Waals surface area contributed by atoms with Crippen molar-refractivity contribution in [1.82, 2.24) is 30.0 Å². The van der Waals surface area contributed by atoms with Crippen LogP contribution in [0.15, 0.2) is 12.1 Å². The fraction of sp³-hybridized carbons (Fsp3) is 0.700. The minimum absolute atomic E-state index is 0.132. The van der Waals surface area contributed by atoms with E-state index in [1.165, 1.54) is 45.2 Å². The molecule has 2 aromatic heterocycles. The van der Waals surface area contributed by atoms with Crippen LogP contribution in [0.5, 0.6) is 5.88 Å². The van der Waals surface area contributed by atoms with Crippen LogP contribution < -0.4 is 10.1 Å². The molecule has 2 fully saturated rings. The molecule has 0 spiro atoms. The molecule has 2 atom stereocenters. The van der Waals surface area contributed by atoms with Crippen molar-refractivity contribution in [3.8, 4) is 5.88 Å². The maximum atomic E-state index is 12.3. The van der Waals surface area contributed by atoms with Crippen LogP contribution in [0.2, 0.25) is 0 Å². The lowest BCUT2D eigenvalue weighted by Gasteiger charge is -2.44. The average Bonchev–Trinajstić information content (AvgIpc) is 3.14. The summed E-state index contributed by atoms with van der Waals surface area (Å²) in [6.45, 7) is 3.28. The van der Waals surface area contributed by atoms with Crippen LogP contribution in [-0.2, 0) is 11.2 Å². The Hall–Kier alpha value is -2.22. The molecule has 2 saturated heterocycles. The third kappa shape index (κ3) is 4.27. The molecule has 8 heteroatoms. The minimum Gasteiger partial charge on any atom is -0.480 e. The first-order chi connectivity index (χ1) is 13.7. The van der Waals surface area contributed by atoms with Crippen LogP contribution in [0, 0.1) is 5.92 Å². The van der Waals surface area contributed by atoms with Gasteiger partial charge in [-0.1, -0.05) is 6.42 Å². The summed E-state index contributed by atoms with van der Waals surface area (Å²) in [4.78, 5) is 15.0. The van der Waals surface area contributed by atoms with E-state index in [2.05, 4.69) is 25.5 Å². The van der Waals surface area contributed by atoms with Gasteiger partial charge in [0.05, 0.1) is 7.11 Å². The number of nitrogens with one attached hydrogen (secondary N) is 1. The Labute approximate surface area is 165 Å². The molecule has 0 bridgehead atoms. The number of aromatic nitrogens is 4. The minimum atomic E-state index is 0.132. The molecule has 0 aliphatic carbocycles. The van der Waals surface area contributed by atoms with E-state index in [4.69, 9.17) is 4.74 Å². The van der Waals surface area contributed by atoms with E-state index in [-0.39, 0.29) is 5.91 Å². The van der Waals surface area contributed by atoms with Gasteiger partial charge < -0.3 is 15.0 Å². The normalized spacial score (nSPS) is 22.8. The summed E-state index contributed by atoms with van der Waals surface area (Å²) in [7, 11) is 1.58. The van der Waals surface area contributed by atoms with Crippen molar-refractivity contribution < 1.29 is 9.53 Å². The van der Waals surface area contributed by atoms with Crippen LogP contribution in [0.1, 0.15) is 50.8 Å². The zero-order valence-electron chi connectivity index (χ0n) is 16.6. The van der Waals surface area contributed by atoms with E-state index in [0.717, 1.165) is 18.8 Å². The van der Waals surface area contributed by atoms with Crippen LogP contribution in [-0.4, -0.2) is 63.4 Å². The molecule has 2 aromatic rings. The molecule has 28 heavy (non-hydrogen) atoms. The van der Waals surface area contributed by atoms with Gasteiger partial charge in [0.15, 0.2) is 11.5 Å². The highest BCUT2D eigenvalue weighted by Gasteiger charge is 2.32. The van der Waals surface area contributed by atoms with Gasteiger partial charge >= 0.3 is 0 Å². The lowest BCUT2D eigenvalue weighted by molar-refractivity contribution is -0.121. The monoisotopic (exact) mass is 386 g/mol. The molecule has 8 nitrogen and oxygen atoms in total. The number of ether oxygens (including phenoxy) is 1.